The van der Waals surface area contributed by atoms with Crippen molar-refractivity contribution in [3.8, 4) is 11.1 Å². The van der Waals surface area contributed by atoms with Gasteiger partial charge in [0.15, 0.2) is 6.04 Å². The lowest BCUT2D eigenvalue weighted by molar-refractivity contribution is -0.119. The second-order valence-electron chi connectivity index (χ2n) is 7.45. The molecule has 0 saturated carbocycles. The summed E-state index contributed by atoms with van der Waals surface area (Å²) >= 11 is 0. The van der Waals surface area contributed by atoms with Crippen LogP contribution in [0.1, 0.15) is 18.0 Å². The van der Waals surface area contributed by atoms with E-state index in [1.54, 1.807) is 6.21 Å². The molecular formula is C22H22N4O. The minimum absolute atomic E-state index is 0.208. The van der Waals surface area contributed by atoms with Gasteiger partial charge in [0.2, 0.25) is 0 Å². The molecule has 5 nitrogen and oxygen atoms in total. The molecule has 3 heterocycles. The fourth-order valence-electron chi connectivity index (χ4n) is 4.47. The Kier molecular flexibility index (Phi) is 4.09. The lowest BCUT2D eigenvalue weighted by Crippen LogP contribution is -2.33. The summed E-state index contributed by atoms with van der Waals surface area (Å²) in [5.74, 6) is 0.589. The van der Waals surface area contributed by atoms with Crippen LogP contribution in [0.4, 0.5) is 5.69 Å². The van der Waals surface area contributed by atoms with Crippen LogP contribution >= 0.6 is 0 Å². The summed E-state index contributed by atoms with van der Waals surface area (Å²) in [5.41, 5.74) is 4.52. The van der Waals surface area contributed by atoms with Gasteiger partial charge < -0.3 is 10.2 Å². The first kappa shape index (κ1) is 16.4. The third-order valence-corrected chi connectivity index (χ3v) is 5.94. The first-order chi connectivity index (χ1) is 13.3. The van der Waals surface area contributed by atoms with Crippen molar-refractivity contribution in [3.63, 3.8) is 0 Å². The van der Waals surface area contributed by atoms with E-state index in [1.165, 1.54) is 23.9 Å². The SMILES string of the molecule is O=C1N=CC=NC1c1ccc(-c2ccc(N3CC[C@@H]4CNC[C@@H]43)cc2)cc1. The number of carbonyl (C=O) groups is 1. The molecule has 0 aliphatic carbocycles. The third-order valence-electron chi connectivity index (χ3n) is 5.94. The van der Waals surface area contributed by atoms with Crippen molar-refractivity contribution in [2.24, 2.45) is 15.9 Å². The van der Waals surface area contributed by atoms with Gasteiger partial charge in [0.1, 0.15) is 0 Å². The van der Waals surface area contributed by atoms with Gasteiger partial charge >= 0.3 is 0 Å². The summed E-state index contributed by atoms with van der Waals surface area (Å²) < 4.78 is 0. The molecule has 2 fully saturated rings. The monoisotopic (exact) mass is 358 g/mol. The smallest absolute Gasteiger partial charge is 0.275 e. The molecule has 1 N–H and O–H groups in total. The zero-order chi connectivity index (χ0) is 18.2. The molecule has 5 rings (SSSR count). The van der Waals surface area contributed by atoms with Gasteiger partial charge in [-0.1, -0.05) is 36.4 Å². The van der Waals surface area contributed by atoms with Crippen LogP contribution in [0.25, 0.3) is 11.1 Å². The van der Waals surface area contributed by atoms with Gasteiger partial charge in [0, 0.05) is 43.8 Å². The highest BCUT2D eigenvalue weighted by molar-refractivity contribution is 6.21. The number of nitrogens with zero attached hydrogens (tertiary/aromatic N) is 3. The number of fused-ring (bicyclic) bond motifs is 1. The van der Waals surface area contributed by atoms with Crippen LogP contribution in [0.5, 0.6) is 0 Å². The van der Waals surface area contributed by atoms with E-state index in [0.29, 0.717) is 6.04 Å². The number of hydrogen-bond donors (Lipinski definition) is 1. The third kappa shape index (κ3) is 2.98. The predicted octanol–water partition coefficient (Wildman–Crippen LogP) is 2.87. The van der Waals surface area contributed by atoms with Crippen molar-refractivity contribution in [2.75, 3.05) is 24.5 Å². The van der Waals surface area contributed by atoms with E-state index in [0.717, 1.165) is 36.7 Å². The summed E-state index contributed by atoms with van der Waals surface area (Å²) in [7, 11) is 0. The highest BCUT2D eigenvalue weighted by Gasteiger charge is 2.37. The van der Waals surface area contributed by atoms with Crippen LogP contribution in [0.15, 0.2) is 58.5 Å². The lowest BCUT2D eigenvalue weighted by atomic mass is 10.00. The van der Waals surface area contributed by atoms with Gasteiger partial charge in [-0.2, -0.15) is 0 Å². The van der Waals surface area contributed by atoms with E-state index in [9.17, 15) is 4.79 Å². The number of benzene rings is 2. The number of hydrogen-bond acceptors (Lipinski definition) is 4. The number of carbonyl (C=O) groups excluding carboxylic acids is 1. The molecule has 1 unspecified atom stereocenters. The predicted molar refractivity (Wildman–Crippen MR) is 109 cm³/mol. The van der Waals surface area contributed by atoms with Crippen LogP contribution in [-0.2, 0) is 4.79 Å². The lowest BCUT2D eigenvalue weighted by Gasteiger charge is -2.25. The van der Waals surface area contributed by atoms with Gasteiger partial charge in [-0.25, -0.2) is 4.99 Å². The fraction of sp³-hybridized carbons (Fsp3) is 0.318. The maximum absolute atomic E-state index is 11.9. The summed E-state index contributed by atoms with van der Waals surface area (Å²) in [6.07, 6.45) is 4.31. The molecule has 27 heavy (non-hydrogen) atoms. The molecule has 1 amide bonds. The van der Waals surface area contributed by atoms with Crippen molar-refractivity contribution >= 4 is 24.0 Å². The van der Waals surface area contributed by atoms with Crippen molar-refractivity contribution in [1.82, 2.24) is 5.32 Å². The van der Waals surface area contributed by atoms with Gasteiger partial charge in [-0.3, -0.25) is 9.79 Å². The standard InChI is InChI=1S/C22H22N4O/c27-22-21(24-10-11-25-22)17-3-1-15(2-4-17)16-5-7-19(8-6-16)26-12-9-18-13-23-14-20(18)26/h1-8,10-11,18,20-21,23H,9,12-14H2/t18-,20+,21?/m1/s1. The van der Waals surface area contributed by atoms with Crippen LogP contribution < -0.4 is 10.2 Å². The molecule has 2 aromatic rings. The Morgan fingerprint density at radius 2 is 1.67 bits per heavy atom. The van der Waals surface area contributed by atoms with Gasteiger partial charge in [0.25, 0.3) is 5.91 Å². The van der Waals surface area contributed by atoms with Crippen LogP contribution in [0.3, 0.4) is 0 Å². The van der Waals surface area contributed by atoms with Crippen molar-refractivity contribution in [3.05, 3.63) is 54.1 Å². The van der Waals surface area contributed by atoms with Gasteiger partial charge in [0.05, 0.1) is 0 Å². The number of rotatable bonds is 3. The van der Waals surface area contributed by atoms with E-state index >= 15 is 0 Å². The molecular weight excluding hydrogens is 336 g/mol. The minimum Gasteiger partial charge on any atom is -0.367 e. The van der Waals surface area contributed by atoms with Gasteiger partial charge in [-0.05, 0) is 41.2 Å². The maximum Gasteiger partial charge on any atom is 0.275 e. The molecule has 2 aromatic carbocycles. The number of nitrogens with one attached hydrogen (secondary N) is 1. The van der Waals surface area contributed by atoms with E-state index < -0.39 is 6.04 Å². The highest BCUT2D eigenvalue weighted by atomic mass is 16.1. The summed E-state index contributed by atoms with van der Waals surface area (Å²) in [5, 5.41) is 3.51. The molecule has 0 spiro atoms. The summed E-state index contributed by atoms with van der Waals surface area (Å²) in [4.78, 5) is 22.5. The minimum atomic E-state index is -0.505. The topological polar surface area (TPSA) is 57.1 Å². The largest absolute Gasteiger partial charge is 0.367 e. The number of anilines is 1. The quantitative estimate of drug-likeness (QED) is 0.918. The van der Waals surface area contributed by atoms with E-state index in [2.05, 4.69) is 56.6 Å². The van der Waals surface area contributed by atoms with Crippen LogP contribution in [-0.4, -0.2) is 44.0 Å². The zero-order valence-corrected chi connectivity index (χ0v) is 15.1. The molecule has 5 heteroatoms. The normalized spacial score (nSPS) is 26.6. The first-order valence-corrected chi connectivity index (χ1v) is 9.57. The van der Waals surface area contributed by atoms with E-state index in [-0.39, 0.29) is 5.91 Å². The Hall–Kier alpha value is -2.79. The molecule has 0 aromatic heterocycles. The fourth-order valence-corrected chi connectivity index (χ4v) is 4.47. The Morgan fingerprint density at radius 3 is 2.41 bits per heavy atom. The van der Waals surface area contributed by atoms with Crippen molar-refractivity contribution in [2.45, 2.75) is 18.5 Å². The second kappa shape index (κ2) is 6.74. The molecule has 3 atom stereocenters. The average molecular weight is 358 g/mol. The first-order valence-electron chi connectivity index (χ1n) is 9.57. The van der Waals surface area contributed by atoms with E-state index in [4.69, 9.17) is 0 Å². The van der Waals surface area contributed by atoms with Crippen molar-refractivity contribution in [1.29, 1.82) is 0 Å². The Labute approximate surface area is 158 Å². The molecule has 0 bridgehead atoms. The molecule has 136 valence electrons. The average Bonchev–Trinajstić information content (AvgIpc) is 3.33. The Balaban J connectivity index is 1.34. The number of aliphatic imine (C=N–C) groups is 2. The van der Waals surface area contributed by atoms with Crippen molar-refractivity contribution < 1.29 is 4.79 Å². The molecule has 3 aliphatic rings. The second-order valence-corrected chi connectivity index (χ2v) is 7.45. The Bertz CT molecular complexity index is 901. The zero-order valence-electron chi connectivity index (χ0n) is 15.1. The summed E-state index contributed by atoms with van der Waals surface area (Å²) in [6, 6.07) is 17.0. The number of amides is 1. The molecule has 0 radical (unpaired) electrons. The van der Waals surface area contributed by atoms with Crippen LogP contribution in [0.2, 0.25) is 0 Å². The Morgan fingerprint density at radius 1 is 0.926 bits per heavy atom. The maximum atomic E-state index is 11.9. The van der Waals surface area contributed by atoms with Gasteiger partial charge in [-0.15, -0.1) is 0 Å². The molecule has 3 aliphatic heterocycles. The summed E-state index contributed by atoms with van der Waals surface area (Å²) in [6.45, 7) is 3.41. The van der Waals surface area contributed by atoms with Crippen LogP contribution in [0, 0.1) is 5.92 Å². The molecule has 2 saturated heterocycles. The highest BCUT2D eigenvalue weighted by Crippen LogP contribution is 2.33. The van der Waals surface area contributed by atoms with E-state index in [1.807, 2.05) is 12.1 Å².